The summed E-state index contributed by atoms with van der Waals surface area (Å²) in [6, 6.07) is 4.68. The molecule has 0 bridgehead atoms. The van der Waals surface area contributed by atoms with Gasteiger partial charge in [0.2, 0.25) is 0 Å². The van der Waals surface area contributed by atoms with Crippen LogP contribution in [0.25, 0.3) is 0 Å². The lowest BCUT2D eigenvalue weighted by Crippen LogP contribution is -2.05. The number of rotatable bonds is 5. The molecule has 2 aromatic rings. The fourth-order valence-electron chi connectivity index (χ4n) is 1.66. The van der Waals surface area contributed by atoms with Crippen molar-refractivity contribution >= 4 is 28.9 Å². The summed E-state index contributed by atoms with van der Waals surface area (Å²) < 4.78 is 28.7. The molecule has 21 heavy (non-hydrogen) atoms. The molecule has 1 N–H and O–H groups in total. The topological polar surface area (TPSA) is 47.0 Å². The Morgan fingerprint density at radius 2 is 1.95 bits per heavy atom. The van der Waals surface area contributed by atoms with Gasteiger partial charge in [0.05, 0.1) is 22.3 Å². The molecular formula is C13H11Cl2F2N3O. The van der Waals surface area contributed by atoms with Crippen LogP contribution in [0.5, 0.6) is 5.75 Å². The molecule has 8 heteroatoms. The van der Waals surface area contributed by atoms with Crippen LogP contribution in [0, 0.1) is 6.92 Å². The van der Waals surface area contributed by atoms with Crippen LogP contribution in [0.3, 0.4) is 0 Å². The van der Waals surface area contributed by atoms with E-state index in [0.29, 0.717) is 18.1 Å². The van der Waals surface area contributed by atoms with Crippen LogP contribution in [0.1, 0.15) is 11.5 Å². The highest BCUT2D eigenvalue weighted by Crippen LogP contribution is 2.37. The molecule has 112 valence electrons. The van der Waals surface area contributed by atoms with Gasteiger partial charge in [0.25, 0.3) is 0 Å². The van der Waals surface area contributed by atoms with Gasteiger partial charge in [0.15, 0.2) is 5.75 Å². The van der Waals surface area contributed by atoms with Gasteiger partial charge in [-0.3, -0.25) is 0 Å². The van der Waals surface area contributed by atoms with E-state index in [-0.39, 0.29) is 15.8 Å². The van der Waals surface area contributed by atoms with E-state index in [2.05, 4.69) is 20.0 Å². The highest BCUT2D eigenvalue weighted by Gasteiger charge is 2.14. The lowest BCUT2D eigenvalue weighted by Gasteiger charge is -2.12. The Morgan fingerprint density at radius 1 is 1.29 bits per heavy atom. The molecule has 1 aromatic heterocycles. The lowest BCUT2D eigenvalue weighted by molar-refractivity contribution is -0.0497. The summed E-state index contributed by atoms with van der Waals surface area (Å²) in [7, 11) is 0. The first-order valence-corrected chi connectivity index (χ1v) is 6.67. The van der Waals surface area contributed by atoms with Crippen molar-refractivity contribution < 1.29 is 13.5 Å². The molecule has 0 amide bonds. The molecule has 0 aliphatic rings. The second kappa shape index (κ2) is 6.87. The maximum atomic E-state index is 12.2. The molecule has 0 saturated heterocycles. The van der Waals surface area contributed by atoms with E-state index in [0.717, 1.165) is 5.69 Å². The van der Waals surface area contributed by atoms with Crippen molar-refractivity contribution in [2.24, 2.45) is 0 Å². The zero-order chi connectivity index (χ0) is 15.4. The summed E-state index contributed by atoms with van der Waals surface area (Å²) in [4.78, 5) is 8.22. The number of hydrogen-bond donors (Lipinski definition) is 1. The third-order valence-corrected chi connectivity index (χ3v) is 3.07. The fraction of sp³-hybridized carbons (Fsp3) is 0.231. The summed E-state index contributed by atoms with van der Waals surface area (Å²) >= 11 is 11.8. The number of nitrogens with zero attached hydrogens (tertiary/aromatic N) is 2. The van der Waals surface area contributed by atoms with Crippen LogP contribution in [0.2, 0.25) is 10.0 Å². The predicted octanol–water partition coefficient (Wildman–Crippen LogP) is 4.31. The summed E-state index contributed by atoms with van der Waals surface area (Å²) in [5, 5.41) is 3.06. The zero-order valence-electron chi connectivity index (χ0n) is 10.9. The Bertz CT molecular complexity index is 618. The van der Waals surface area contributed by atoms with Gasteiger partial charge in [-0.2, -0.15) is 8.78 Å². The Labute approximate surface area is 130 Å². The number of hydrogen-bond acceptors (Lipinski definition) is 4. The molecular weight excluding hydrogens is 323 g/mol. The first-order chi connectivity index (χ1) is 9.95. The van der Waals surface area contributed by atoms with Crippen molar-refractivity contribution in [2.45, 2.75) is 20.1 Å². The van der Waals surface area contributed by atoms with Gasteiger partial charge in [-0.25, -0.2) is 9.97 Å². The Morgan fingerprint density at radius 3 is 2.52 bits per heavy atom. The minimum absolute atomic E-state index is 0.00386. The number of halogens is 4. The molecule has 0 atom stereocenters. The molecule has 0 saturated carbocycles. The number of nitrogens with one attached hydrogen (secondary N) is 1. The molecule has 2 rings (SSSR count). The largest absolute Gasteiger partial charge is 0.432 e. The quantitative estimate of drug-likeness (QED) is 0.885. The van der Waals surface area contributed by atoms with Gasteiger partial charge in [-0.1, -0.05) is 23.2 Å². The Hall–Kier alpha value is -1.66. The normalized spacial score (nSPS) is 10.8. The molecule has 0 aliphatic carbocycles. The molecule has 0 radical (unpaired) electrons. The minimum atomic E-state index is -2.98. The minimum Gasteiger partial charge on any atom is -0.432 e. The van der Waals surface area contributed by atoms with E-state index in [4.69, 9.17) is 23.2 Å². The first-order valence-electron chi connectivity index (χ1n) is 5.92. The number of ether oxygens (including phenoxy) is 1. The molecule has 0 aliphatic heterocycles. The van der Waals surface area contributed by atoms with Gasteiger partial charge in [-0.05, 0) is 25.1 Å². The first kappa shape index (κ1) is 15.7. The maximum Gasteiger partial charge on any atom is 0.387 e. The summed E-state index contributed by atoms with van der Waals surface area (Å²) in [5.41, 5.74) is 1.35. The number of anilines is 1. The second-order valence-electron chi connectivity index (χ2n) is 4.10. The standard InChI is InChI=1S/C13H11Cl2F2N3O/c1-7-18-3-2-8(20-7)6-19-9-4-10(14)12(11(15)5-9)21-13(16)17/h2-5,13,19H,6H2,1H3. The SMILES string of the molecule is Cc1nccc(CNc2cc(Cl)c(OC(F)F)c(Cl)c2)n1. The van der Waals surface area contributed by atoms with Crippen molar-refractivity contribution in [2.75, 3.05) is 5.32 Å². The summed E-state index contributed by atoms with van der Waals surface area (Å²) in [6.07, 6.45) is 1.65. The van der Waals surface area contributed by atoms with E-state index in [1.165, 1.54) is 12.1 Å². The average Bonchev–Trinajstić information content (AvgIpc) is 2.40. The molecule has 0 spiro atoms. The van der Waals surface area contributed by atoms with Crippen molar-refractivity contribution in [3.8, 4) is 5.75 Å². The van der Waals surface area contributed by atoms with Crippen molar-refractivity contribution in [3.05, 3.63) is 46.0 Å². The fourth-order valence-corrected chi connectivity index (χ4v) is 2.24. The Kier molecular flexibility index (Phi) is 5.14. The summed E-state index contributed by atoms with van der Waals surface area (Å²) in [5.74, 6) is 0.419. The highest BCUT2D eigenvalue weighted by molar-refractivity contribution is 6.37. The van der Waals surface area contributed by atoms with Crippen LogP contribution in [0.4, 0.5) is 14.5 Å². The van der Waals surface area contributed by atoms with Gasteiger partial charge in [0.1, 0.15) is 5.82 Å². The second-order valence-corrected chi connectivity index (χ2v) is 4.91. The van der Waals surface area contributed by atoms with Crippen LogP contribution in [-0.4, -0.2) is 16.6 Å². The monoisotopic (exact) mass is 333 g/mol. The Balaban J connectivity index is 2.11. The third kappa shape index (κ3) is 4.41. The van der Waals surface area contributed by atoms with Gasteiger partial charge >= 0.3 is 6.61 Å². The molecule has 0 fully saturated rings. The molecule has 0 unspecified atom stereocenters. The summed E-state index contributed by atoms with van der Waals surface area (Å²) in [6.45, 7) is -0.776. The van der Waals surface area contributed by atoms with Crippen LogP contribution in [-0.2, 0) is 6.54 Å². The van der Waals surface area contributed by atoms with Crippen LogP contribution < -0.4 is 10.1 Å². The van der Waals surface area contributed by atoms with Gasteiger partial charge in [-0.15, -0.1) is 0 Å². The van der Waals surface area contributed by atoms with Crippen LogP contribution >= 0.6 is 23.2 Å². The van der Waals surface area contributed by atoms with E-state index in [1.807, 2.05) is 0 Å². The van der Waals surface area contributed by atoms with E-state index in [1.54, 1.807) is 19.2 Å². The third-order valence-electron chi connectivity index (χ3n) is 2.51. The highest BCUT2D eigenvalue weighted by atomic mass is 35.5. The van der Waals surface area contributed by atoms with Crippen molar-refractivity contribution in [3.63, 3.8) is 0 Å². The number of aromatic nitrogens is 2. The van der Waals surface area contributed by atoms with Crippen molar-refractivity contribution in [1.82, 2.24) is 9.97 Å². The van der Waals surface area contributed by atoms with E-state index >= 15 is 0 Å². The van der Waals surface area contributed by atoms with E-state index in [9.17, 15) is 8.78 Å². The predicted molar refractivity (Wildman–Crippen MR) is 77.2 cm³/mol. The molecule has 1 heterocycles. The zero-order valence-corrected chi connectivity index (χ0v) is 12.4. The van der Waals surface area contributed by atoms with Crippen molar-refractivity contribution in [1.29, 1.82) is 0 Å². The maximum absolute atomic E-state index is 12.2. The number of benzene rings is 1. The smallest absolute Gasteiger partial charge is 0.387 e. The van der Waals surface area contributed by atoms with Crippen LogP contribution in [0.15, 0.2) is 24.4 Å². The average molecular weight is 334 g/mol. The van der Waals surface area contributed by atoms with Gasteiger partial charge < -0.3 is 10.1 Å². The molecule has 4 nitrogen and oxygen atoms in total. The lowest BCUT2D eigenvalue weighted by atomic mass is 10.3. The van der Waals surface area contributed by atoms with Gasteiger partial charge in [0, 0.05) is 11.9 Å². The molecule has 1 aromatic carbocycles. The number of aryl methyl sites for hydroxylation is 1. The van der Waals surface area contributed by atoms with E-state index < -0.39 is 6.61 Å². The number of alkyl halides is 2.